The van der Waals surface area contributed by atoms with Crippen LogP contribution in [0.1, 0.15) is 55.7 Å². The zero-order valence-electron chi connectivity index (χ0n) is 8.02. The van der Waals surface area contributed by atoms with Gasteiger partial charge in [-0.2, -0.15) is 4.98 Å². The summed E-state index contributed by atoms with van der Waals surface area (Å²) in [7, 11) is 0. The van der Waals surface area contributed by atoms with E-state index in [1.807, 2.05) is 0 Å². The highest BCUT2D eigenvalue weighted by molar-refractivity contribution is 5.05. The Hall–Kier alpha value is -0.900. The van der Waals surface area contributed by atoms with Crippen molar-refractivity contribution in [3.05, 3.63) is 11.7 Å². The summed E-state index contributed by atoms with van der Waals surface area (Å²) in [5.74, 6) is 2.47. The summed E-state index contributed by atoms with van der Waals surface area (Å²) >= 11 is 0. The van der Waals surface area contributed by atoms with Crippen molar-refractivity contribution in [2.24, 2.45) is 0 Å². The van der Waals surface area contributed by atoms with E-state index in [1.165, 1.54) is 19.3 Å². The van der Waals surface area contributed by atoms with E-state index in [0.29, 0.717) is 11.8 Å². The van der Waals surface area contributed by atoms with Gasteiger partial charge in [-0.25, -0.2) is 0 Å². The third-order valence-corrected chi connectivity index (χ3v) is 3.39. The molecule has 0 aromatic carbocycles. The average molecular weight is 194 g/mol. The maximum Gasteiger partial charge on any atom is 0.229 e. The second kappa shape index (κ2) is 3.05. The molecule has 0 radical (unpaired) electrons. The zero-order chi connectivity index (χ0) is 9.54. The average Bonchev–Trinajstić information content (AvgIpc) is 2.44. The Morgan fingerprint density at radius 3 is 2.57 bits per heavy atom. The molecule has 0 amide bonds. The molecule has 4 nitrogen and oxygen atoms in total. The number of aliphatic hydroxyl groups is 1. The molecule has 0 bridgehead atoms. The Labute approximate surface area is 82.3 Å². The van der Waals surface area contributed by atoms with Crippen LogP contribution in [-0.4, -0.2) is 21.4 Å². The molecule has 0 unspecified atom stereocenters. The molecular formula is C10H14N2O2. The van der Waals surface area contributed by atoms with Crippen molar-refractivity contribution in [1.29, 1.82) is 0 Å². The molecule has 1 heterocycles. The van der Waals surface area contributed by atoms with Crippen LogP contribution in [0, 0.1) is 0 Å². The molecule has 1 aromatic heterocycles. The predicted molar refractivity (Wildman–Crippen MR) is 48.9 cm³/mol. The first-order chi connectivity index (χ1) is 6.83. The number of hydrogen-bond donors (Lipinski definition) is 1. The molecule has 1 N–H and O–H groups in total. The number of aliphatic hydroxyl groups excluding tert-OH is 1. The molecule has 2 fully saturated rings. The van der Waals surface area contributed by atoms with Crippen LogP contribution in [0.15, 0.2) is 4.52 Å². The van der Waals surface area contributed by atoms with Gasteiger partial charge in [0.2, 0.25) is 5.89 Å². The third-order valence-electron chi connectivity index (χ3n) is 3.39. The highest BCUT2D eigenvalue weighted by atomic mass is 16.5. The monoisotopic (exact) mass is 194 g/mol. The van der Waals surface area contributed by atoms with E-state index in [4.69, 9.17) is 9.63 Å². The summed E-state index contributed by atoms with van der Waals surface area (Å²) in [6.45, 7) is 0. The summed E-state index contributed by atoms with van der Waals surface area (Å²) in [6, 6.07) is 0. The first kappa shape index (κ1) is 8.41. The second-order valence-corrected chi connectivity index (χ2v) is 4.44. The molecule has 2 aliphatic rings. The number of rotatable bonds is 2. The van der Waals surface area contributed by atoms with Gasteiger partial charge in [0.1, 0.15) is 0 Å². The standard InChI is InChI=1S/C10H14N2O2/c13-8-4-7(5-8)10-11-9(12-14-10)6-2-1-3-6/h6-8,13H,1-5H2. The van der Waals surface area contributed by atoms with Gasteiger partial charge in [-0.05, 0) is 25.7 Å². The molecule has 3 rings (SSSR count). The van der Waals surface area contributed by atoms with Gasteiger partial charge in [-0.15, -0.1) is 0 Å². The molecule has 0 spiro atoms. The van der Waals surface area contributed by atoms with Gasteiger partial charge in [-0.1, -0.05) is 11.6 Å². The van der Waals surface area contributed by atoms with Crippen molar-refractivity contribution in [2.45, 2.75) is 50.0 Å². The quantitative estimate of drug-likeness (QED) is 0.776. The van der Waals surface area contributed by atoms with Crippen molar-refractivity contribution < 1.29 is 9.63 Å². The van der Waals surface area contributed by atoms with E-state index >= 15 is 0 Å². The Morgan fingerprint density at radius 2 is 2.00 bits per heavy atom. The molecule has 76 valence electrons. The number of nitrogens with zero attached hydrogens (tertiary/aromatic N) is 2. The first-order valence-electron chi connectivity index (χ1n) is 5.34. The van der Waals surface area contributed by atoms with Crippen LogP contribution >= 0.6 is 0 Å². The summed E-state index contributed by atoms with van der Waals surface area (Å²) in [5, 5.41) is 13.2. The van der Waals surface area contributed by atoms with Gasteiger partial charge in [0.25, 0.3) is 0 Å². The summed E-state index contributed by atoms with van der Waals surface area (Å²) in [6.07, 6.45) is 5.10. The van der Waals surface area contributed by atoms with E-state index in [2.05, 4.69) is 10.1 Å². The number of aromatic nitrogens is 2. The van der Waals surface area contributed by atoms with E-state index in [9.17, 15) is 0 Å². The first-order valence-corrected chi connectivity index (χ1v) is 5.34. The highest BCUT2D eigenvalue weighted by Gasteiger charge is 2.34. The molecule has 0 aliphatic heterocycles. The fourth-order valence-electron chi connectivity index (χ4n) is 2.03. The second-order valence-electron chi connectivity index (χ2n) is 4.44. The third kappa shape index (κ3) is 1.25. The van der Waals surface area contributed by atoms with Crippen molar-refractivity contribution in [2.75, 3.05) is 0 Å². The Balaban J connectivity index is 1.70. The van der Waals surface area contributed by atoms with E-state index in [1.54, 1.807) is 0 Å². The molecule has 0 saturated heterocycles. The van der Waals surface area contributed by atoms with Crippen LogP contribution in [0.2, 0.25) is 0 Å². The minimum atomic E-state index is -0.154. The fraction of sp³-hybridized carbons (Fsp3) is 0.800. The van der Waals surface area contributed by atoms with Crippen molar-refractivity contribution >= 4 is 0 Å². The largest absolute Gasteiger partial charge is 0.393 e. The van der Waals surface area contributed by atoms with Crippen molar-refractivity contribution in [1.82, 2.24) is 10.1 Å². The van der Waals surface area contributed by atoms with Crippen LogP contribution in [0.4, 0.5) is 0 Å². The van der Waals surface area contributed by atoms with Gasteiger partial charge in [-0.3, -0.25) is 0 Å². The summed E-state index contributed by atoms with van der Waals surface area (Å²) in [5.41, 5.74) is 0. The maximum absolute atomic E-state index is 9.16. The van der Waals surface area contributed by atoms with Crippen LogP contribution in [0.3, 0.4) is 0 Å². The molecule has 4 heteroatoms. The molecule has 2 saturated carbocycles. The summed E-state index contributed by atoms with van der Waals surface area (Å²) < 4.78 is 5.20. The van der Waals surface area contributed by atoms with Gasteiger partial charge in [0.15, 0.2) is 5.82 Å². The summed E-state index contributed by atoms with van der Waals surface area (Å²) in [4.78, 5) is 4.40. The van der Waals surface area contributed by atoms with Crippen molar-refractivity contribution in [3.8, 4) is 0 Å². The van der Waals surface area contributed by atoms with Crippen LogP contribution in [0.25, 0.3) is 0 Å². The van der Waals surface area contributed by atoms with E-state index in [0.717, 1.165) is 24.6 Å². The normalized spacial score (nSPS) is 32.4. The van der Waals surface area contributed by atoms with E-state index < -0.39 is 0 Å². The Kier molecular flexibility index (Phi) is 1.83. The SMILES string of the molecule is OC1CC(c2nc(C3CCC3)no2)C1. The Morgan fingerprint density at radius 1 is 1.21 bits per heavy atom. The molecule has 14 heavy (non-hydrogen) atoms. The lowest BCUT2D eigenvalue weighted by atomic mass is 9.82. The molecule has 0 atom stereocenters. The van der Waals surface area contributed by atoms with Gasteiger partial charge < -0.3 is 9.63 Å². The van der Waals surface area contributed by atoms with Crippen LogP contribution in [0.5, 0.6) is 0 Å². The van der Waals surface area contributed by atoms with Gasteiger partial charge >= 0.3 is 0 Å². The molecular weight excluding hydrogens is 180 g/mol. The van der Waals surface area contributed by atoms with E-state index in [-0.39, 0.29) is 6.10 Å². The van der Waals surface area contributed by atoms with Crippen LogP contribution < -0.4 is 0 Å². The van der Waals surface area contributed by atoms with Crippen molar-refractivity contribution in [3.63, 3.8) is 0 Å². The predicted octanol–water partition coefficient (Wildman–Crippen LogP) is 1.58. The smallest absolute Gasteiger partial charge is 0.229 e. The number of hydrogen-bond acceptors (Lipinski definition) is 4. The minimum absolute atomic E-state index is 0.154. The maximum atomic E-state index is 9.16. The van der Waals surface area contributed by atoms with Gasteiger partial charge in [0, 0.05) is 11.8 Å². The Bertz CT molecular complexity index is 327. The zero-order valence-corrected chi connectivity index (χ0v) is 8.02. The van der Waals surface area contributed by atoms with Gasteiger partial charge in [0.05, 0.1) is 6.10 Å². The fourth-order valence-corrected chi connectivity index (χ4v) is 2.03. The molecule has 1 aromatic rings. The topological polar surface area (TPSA) is 59.2 Å². The lowest BCUT2D eigenvalue weighted by Gasteiger charge is -2.27. The van der Waals surface area contributed by atoms with Crippen LogP contribution in [-0.2, 0) is 0 Å². The highest BCUT2D eigenvalue weighted by Crippen LogP contribution is 2.38. The lowest BCUT2D eigenvalue weighted by molar-refractivity contribution is 0.0625. The molecule has 2 aliphatic carbocycles. The minimum Gasteiger partial charge on any atom is -0.393 e. The lowest BCUT2D eigenvalue weighted by Crippen LogP contribution is -2.26.